The molecule has 3 aromatic carbocycles. The molecular weight excluding hydrogens is 1130 g/mol. The number of nitrogens with zero attached hydrogens (tertiary/aromatic N) is 9. The zero-order valence-electron chi connectivity index (χ0n) is 46.0. The number of fused-ring (bicyclic) bond motifs is 5. The molecule has 0 fully saturated rings. The van der Waals surface area contributed by atoms with Crippen LogP contribution in [0.5, 0.6) is 0 Å². The third-order valence-electron chi connectivity index (χ3n) is 13.5. The quantitative estimate of drug-likeness (QED) is 0.0349. The van der Waals surface area contributed by atoms with E-state index in [2.05, 4.69) is 60.5 Å². The highest BCUT2D eigenvalue weighted by Gasteiger charge is 2.30. The Bertz CT molecular complexity index is 4050. The molecular formula is C53H59N15O18. The molecule has 0 bridgehead atoms. The number of aryl methyl sites for hydroxylation is 4. The molecule has 6 heterocycles. The molecule has 5 aromatic rings. The van der Waals surface area contributed by atoms with Crippen molar-refractivity contribution in [3.8, 4) is 23.0 Å². The average molecular weight is 1190 g/mol. The number of aliphatic carboxylic acids is 2. The van der Waals surface area contributed by atoms with Crippen molar-refractivity contribution in [2.75, 3.05) is 24.3 Å². The van der Waals surface area contributed by atoms with Gasteiger partial charge in [-0.25, -0.2) is 34.3 Å². The molecule has 4 aliphatic rings. The summed E-state index contributed by atoms with van der Waals surface area (Å²) in [5.74, 6) is -3.26. The Kier molecular flexibility index (Phi) is 20.2. The van der Waals surface area contributed by atoms with Gasteiger partial charge in [-0.1, -0.05) is 0 Å². The lowest BCUT2D eigenvalue weighted by molar-refractivity contribution is -0.140. The van der Waals surface area contributed by atoms with Crippen molar-refractivity contribution < 1.29 is 65.4 Å². The second-order valence-corrected chi connectivity index (χ2v) is 19.7. The van der Waals surface area contributed by atoms with Gasteiger partial charge in [-0.15, -0.1) is 0 Å². The van der Waals surface area contributed by atoms with Crippen LogP contribution in [0.1, 0.15) is 51.1 Å². The molecule has 17 N–H and O–H groups in total. The van der Waals surface area contributed by atoms with Gasteiger partial charge in [-0.3, -0.25) is 38.9 Å². The summed E-state index contributed by atoms with van der Waals surface area (Å²) in [7, 11) is 0. The van der Waals surface area contributed by atoms with E-state index in [9.17, 15) is 69.0 Å². The number of nitrogens with two attached hydrogens (primary N) is 1. The Morgan fingerprint density at radius 1 is 0.616 bits per heavy atom. The maximum atomic E-state index is 12.3. The van der Waals surface area contributed by atoms with Crippen molar-refractivity contribution in [3.05, 3.63) is 140 Å². The highest BCUT2D eigenvalue weighted by molar-refractivity contribution is 5.97. The summed E-state index contributed by atoms with van der Waals surface area (Å²) in [5.41, 5.74) is 8.70. The third kappa shape index (κ3) is 14.9. The number of rotatable bonds is 19. The first-order valence-electron chi connectivity index (χ1n) is 25.9. The summed E-state index contributed by atoms with van der Waals surface area (Å²) in [6.07, 6.45) is -8.52. The molecule has 0 aliphatic carbocycles. The van der Waals surface area contributed by atoms with Crippen molar-refractivity contribution in [1.29, 1.82) is 0 Å². The Hall–Kier alpha value is -9.87. The van der Waals surface area contributed by atoms with Gasteiger partial charge in [-0.05, 0) is 105 Å². The van der Waals surface area contributed by atoms with E-state index in [1.165, 1.54) is 27.5 Å². The number of aliphatic hydroxyl groups is 8. The lowest BCUT2D eigenvalue weighted by atomic mass is 10.1. The topological polar surface area (TPSA) is 536 Å². The number of carbonyl (C=O) groups is 3. The van der Waals surface area contributed by atoms with Gasteiger partial charge >= 0.3 is 23.3 Å². The lowest BCUT2D eigenvalue weighted by Crippen LogP contribution is -2.42. The van der Waals surface area contributed by atoms with Crippen LogP contribution in [0.4, 0.5) is 11.6 Å². The number of nitrogens with one attached hydrogen (secondary N) is 5. The number of anilines is 2. The molecule has 0 radical (unpaired) electrons. The van der Waals surface area contributed by atoms with Crippen LogP contribution in [0.25, 0.3) is 56.3 Å². The fourth-order valence-corrected chi connectivity index (χ4v) is 8.54. The number of H-pyrrole nitrogens is 3. The first-order chi connectivity index (χ1) is 40.7. The smallest absolute Gasteiger partial charge is 0.349 e. The molecule has 2 aromatic heterocycles. The molecule has 1 amide bonds. The number of carboxylic acid groups (broad SMARTS) is 2. The largest absolute Gasteiger partial charge is 0.481 e. The molecule has 4 aliphatic heterocycles. The predicted octanol–water partition coefficient (Wildman–Crippen LogP) is -3.49. The summed E-state index contributed by atoms with van der Waals surface area (Å²) >= 11 is 0. The van der Waals surface area contributed by atoms with Gasteiger partial charge < -0.3 is 76.6 Å². The summed E-state index contributed by atoms with van der Waals surface area (Å²) in [4.78, 5) is 129. The normalized spacial score (nSPS) is 13.9. The minimum Gasteiger partial charge on any atom is -0.481 e. The summed E-state index contributed by atoms with van der Waals surface area (Å²) in [6.45, 7) is 5.69. The van der Waals surface area contributed by atoms with E-state index in [-0.39, 0.29) is 78.2 Å². The average Bonchev–Trinajstić information content (AvgIpc) is 0.818. The first kappa shape index (κ1) is 63.7. The lowest BCUT2D eigenvalue weighted by Gasteiger charge is -2.25. The summed E-state index contributed by atoms with van der Waals surface area (Å²) in [5, 5.41) is 101. The standard InChI is InChI=1S/C19H19N7O6.2C17H20N4O6/c20-19-25-15-14(17(30)26-19)23-11(8-22-15)7-21-10-3-1-9(2-4-10)16(29)24-12(18(31)32)5-6-13(27)28;2*1-7-3-9-10(4-8(7)2)21(5-11(23)14(25)12(24)6-22)15-13(18-9)16(26)20-17(27)19-15/h1-4,8,12,21H,5-7H2,(H,24,29)(H,27,28)(H,31,32)(H3,20,22,25,26,30);2*3-4,11-12,14,22-25H,5-6H2,1-2H3,(H,20,26,27)/t12-;2*11-,12+,14-/m000/s1. The highest BCUT2D eigenvalue weighted by atomic mass is 16.4. The van der Waals surface area contributed by atoms with Crippen molar-refractivity contribution in [1.82, 2.24) is 64.3 Å². The molecule has 9 rings (SSSR count). The monoisotopic (exact) mass is 1190 g/mol. The number of aromatic nitrogens is 12. The molecule has 454 valence electrons. The number of benzene rings is 3. The number of aromatic amines is 3. The van der Waals surface area contributed by atoms with E-state index in [1.807, 2.05) is 27.7 Å². The van der Waals surface area contributed by atoms with Crippen LogP contribution in [-0.2, 0) is 29.2 Å². The van der Waals surface area contributed by atoms with Crippen LogP contribution in [-0.4, -0.2) is 184 Å². The zero-order chi connectivity index (χ0) is 63.0. The van der Waals surface area contributed by atoms with E-state index in [4.69, 9.17) is 26.2 Å². The molecule has 33 heteroatoms. The van der Waals surface area contributed by atoms with Crippen LogP contribution in [0.3, 0.4) is 0 Å². The van der Waals surface area contributed by atoms with Crippen molar-refractivity contribution in [3.63, 3.8) is 0 Å². The second kappa shape index (κ2) is 27.2. The number of hydrogen-bond donors (Lipinski definition) is 16. The van der Waals surface area contributed by atoms with Crippen LogP contribution in [0.15, 0.2) is 78.7 Å². The molecule has 0 spiro atoms. The second-order valence-electron chi connectivity index (χ2n) is 19.7. The minimum absolute atomic E-state index is 0.0516. The van der Waals surface area contributed by atoms with Gasteiger partial charge in [0.05, 0.1) is 66.8 Å². The molecule has 86 heavy (non-hydrogen) atoms. The maximum Gasteiger partial charge on any atom is 0.349 e. The molecule has 0 unspecified atom stereocenters. The van der Waals surface area contributed by atoms with E-state index in [0.29, 0.717) is 33.4 Å². The predicted molar refractivity (Wildman–Crippen MR) is 303 cm³/mol. The number of nitrogen functional groups attached to an aromatic ring is 1. The van der Waals surface area contributed by atoms with Gasteiger partial charge in [0, 0.05) is 17.7 Å². The number of carbonyl (C=O) groups excluding carboxylic acids is 1. The molecule has 7 atom stereocenters. The Balaban J connectivity index is 0.000000185. The van der Waals surface area contributed by atoms with Crippen molar-refractivity contribution in [2.45, 2.75) is 103 Å². The Labute approximate surface area is 481 Å². The van der Waals surface area contributed by atoms with Crippen LogP contribution in [0, 0.1) is 27.7 Å². The van der Waals surface area contributed by atoms with E-state index < -0.39 is 102 Å². The van der Waals surface area contributed by atoms with E-state index in [0.717, 1.165) is 22.3 Å². The third-order valence-corrected chi connectivity index (χ3v) is 13.5. The van der Waals surface area contributed by atoms with Gasteiger partial charge in [0.15, 0.2) is 34.2 Å². The fourth-order valence-electron chi connectivity index (χ4n) is 8.54. The van der Waals surface area contributed by atoms with E-state index >= 15 is 0 Å². The Morgan fingerprint density at radius 3 is 1.55 bits per heavy atom. The van der Waals surface area contributed by atoms with Gasteiger partial charge in [0.25, 0.3) is 22.6 Å². The first-order valence-corrected chi connectivity index (χ1v) is 25.9. The van der Waals surface area contributed by atoms with Crippen molar-refractivity contribution >= 4 is 62.7 Å². The maximum absolute atomic E-state index is 12.3. The van der Waals surface area contributed by atoms with Gasteiger partial charge in [0.2, 0.25) is 5.95 Å². The minimum atomic E-state index is -1.64. The summed E-state index contributed by atoms with van der Waals surface area (Å²) < 4.78 is 2.80. The zero-order valence-corrected chi connectivity index (χ0v) is 46.0. The fraction of sp³-hybridized carbons (Fsp3) is 0.340. The van der Waals surface area contributed by atoms with Crippen molar-refractivity contribution in [2.24, 2.45) is 0 Å². The Morgan fingerprint density at radius 2 is 1.09 bits per heavy atom. The molecule has 33 nitrogen and oxygen atoms in total. The van der Waals surface area contributed by atoms with Gasteiger partial charge in [-0.2, -0.15) is 15.0 Å². The number of aliphatic hydroxyl groups excluding tert-OH is 8. The van der Waals surface area contributed by atoms with Crippen LogP contribution in [0.2, 0.25) is 0 Å². The number of carboxylic acids is 2. The SMILES string of the molecule is Cc1cc2nc3c(=O)[nH]c(=O)nc-3n(C[C@H](O)[C@H](O)[C@H](O)CO)c2cc1C.Cc1cc2nc3c(=O)[nH]c(=O)nc-3n(C[C@H](O)[C@H](O)[C@H](O)CO)c2cc1C.Nc1nc2ncc(CNc3ccc(C(=O)N[C@@H](CCC(=O)O)C(=O)O)cc3)nc2c(=O)[nH]1. The van der Waals surface area contributed by atoms with Crippen LogP contribution >= 0.6 is 0 Å². The highest BCUT2D eigenvalue weighted by Crippen LogP contribution is 2.27. The number of amides is 1. The molecule has 0 saturated heterocycles. The molecule has 0 saturated carbocycles. The van der Waals surface area contributed by atoms with Crippen LogP contribution < -0.4 is 44.4 Å². The summed E-state index contributed by atoms with van der Waals surface area (Å²) in [6, 6.07) is 11.9. The van der Waals surface area contributed by atoms with E-state index in [1.54, 1.807) is 36.4 Å². The number of hydrogen-bond acceptors (Lipinski definition) is 25. The van der Waals surface area contributed by atoms with Gasteiger partial charge in [0.1, 0.15) is 42.7 Å².